The van der Waals surface area contributed by atoms with Crippen LogP contribution in [0.5, 0.6) is 0 Å². The standard InChI is InChI=1S/C14H24N2O3/c1-2-7-16(12-3-4-12)10-13(17)15-8-5-11(6-9-15)14(18)19/h11-12H,2-10H2,1H3,(H,18,19). The lowest BCUT2D eigenvalue weighted by Gasteiger charge is -2.32. The van der Waals surface area contributed by atoms with Gasteiger partial charge in [0.15, 0.2) is 0 Å². The molecule has 2 rings (SSSR count). The first-order valence-electron chi connectivity index (χ1n) is 7.36. The molecule has 0 aromatic rings. The van der Waals surface area contributed by atoms with Crippen LogP contribution in [0, 0.1) is 5.92 Å². The number of likely N-dealkylation sites (tertiary alicyclic amines) is 1. The molecule has 2 fully saturated rings. The van der Waals surface area contributed by atoms with Gasteiger partial charge in [-0.3, -0.25) is 14.5 Å². The molecule has 0 aromatic heterocycles. The fraction of sp³-hybridized carbons (Fsp3) is 0.857. The molecule has 0 bridgehead atoms. The van der Waals surface area contributed by atoms with Gasteiger partial charge in [0.25, 0.3) is 0 Å². The van der Waals surface area contributed by atoms with E-state index in [0.717, 1.165) is 13.0 Å². The van der Waals surface area contributed by atoms with Crippen LogP contribution in [0.1, 0.15) is 39.0 Å². The van der Waals surface area contributed by atoms with Crippen molar-refractivity contribution in [3.63, 3.8) is 0 Å². The van der Waals surface area contributed by atoms with Crippen molar-refractivity contribution in [2.45, 2.75) is 45.1 Å². The highest BCUT2D eigenvalue weighted by molar-refractivity contribution is 5.79. The molecule has 5 nitrogen and oxygen atoms in total. The van der Waals surface area contributed by atoms with Crippen molar-refractivity contribution < 1.29 is 14.7 Å². The summed E-state index contributed by atoms with van der Waals surface area (Å²) in [5.41, 5.74) is 0. The van der Waals surface area contributed by atoms with Crippen LogP contribution in [0.15, 0.2) is 0 Å². The minimum Gasteiger partial charge on any atom is -0.481 e. The Morgan fingerprint density at radius 1 is 1.21 bits per heavy atom. The topological polar surface area (TPSA) is 60.9 Å². The maximum Gasteiger partial charge on any atom is 0.306 e. The summed E-state index contributed by atoms with van der Waals surface area (Å²) in [6.07, 6.45) is 4.70. The summed E-state index contributed by atoms with van der Waals surface area (Å²) in [6.45, 7) is 4.83. The minimum atomic E-state index is -0.724. The van der Waals surface area contributed by atoms with E-state index in [1.807, 2.05) is 4.90 Å². The third-order valence-corrected chi connectivity index (χ3v) is 4.11. The second kappa shape index (κ2) is 6.37. The summed E-state index contributed by atoms with van der Waals surface area (Å²) in [5, 5.41) is 8.95. The monoisotopic (exact) mass is 268 g/mol. The molecule has 5 heteroatoms. The average molecular weight is 268 g/mol. The number of nitrogens with zero attached hydrogens (tertiary/aromatic N) is 2. The summed E-state index contributed by atoms with van der Waals surface area (Å²) >= 11 is 0. The SMILES string of the molecule is CCCN(CC(=O)N1CCC(C(=O)O)CC1)C1CC1. The number of hydrogen-bond donors (Lipinski definition) is 1. The first-order valence-corrected chi connectivity index (χ1v) is 7.36. The van der Waals surface area contributed by atoms with Crippen molar-refractivity contribution in [3.8, 4) is 0 Å². The molecule has 19 heavy (non-hydrogen) atoms. The number of rotatable bonds is 6. The van der Waals surface area contributed by atoms with Gasteiger partial charge in [-0.25, -0.2) is 0 Å². The summed E-state index contributed by atoms with van der Waals surface area (Å²) in [5.74, 6) is -0.818. The lowest BCUT2D eigenvalue weighted by Crippen LogP contribution is -2.45. The molecule has 1 amide bonds. The number of piperidine rings is 1. The number of aliphatic carboxylic acids is 1. The van der Waals surface area contributed by atoms with E-state index in [2.05, 4.69) is 11.8 Å². The highest BCUT2D eigenvalue weighted by atomic mass is 16.4. The maximum absolute atomic E-state index is 12.2. The van der Waals surface area contributed by atoms with Crippen LogP contribution in [0.25, 0.3) is 0 Å². The van der Waals surface area contributed by atoms with Crippen molar-refractivity contribution in [1.29, 1.82) is 0 Å². The first kappa shape index (κ1) is 14.3. The first-order chi connectivity index (χ1) is 9.11. The quantitative estimate of drug-likeness (QED) is 0.786. The molecule has 1 N–H and O–H groups in total. The number of carbonyl (C=O) groups excluding carboxylic acids is 1. The van der Waals surface area contributed by atoms with Gasteiger partial charge in [0.05, 0.1) is 12.5 Å². The molecular weight excluding hydrogens is 244 g/mol. The van der Waals surface area contributed by atoms with Crippen molar-refractivity contribution in [2.24, 2.45) is 5.92 Å². The summed E-state index contributed by atoms with van der Waals surface area (Å²) in [6, 6.07) is 0.612. The summed E-state index contributed by atoms with van der Waals surface area (Å²) in [7, 11) is 0. The molecule has 0 atom stereocenters. The maximum atomic E-state index is 12.2. The van der Waals surface area contributed by atoms with Crippen LogP contribution >= 0.6 is 0 Å². The second-order valence-corrected chi connectivity index (χ2v) is 5.69. The molecule has 0 spiro atoms. The Balaban J connectivity index is 1.78. The van der Waals surface area contributed by atoms with Gasteiger partial charge in [0.2, 0.25) is 5.91 Å². The van der Waals surface area contributed by atoms with Crippen LogP contribution in [0.4, 0.5) is 0 Å². The van der Waals surface area contributed by atoms with E-state index in [1.54, 1.807) is 0 Å². The summed E-state index contributed by atoms with van der Waals surface area (Å²) < 4.78 is 0. The lowest BCUT2D eigenvalue weighted by atomic mass is 9.97. The number of amides is 1. The van der Waals surface area contributed by atoms with Gasteiger partial charge < -0.3 is 10.0 Å². The van der Waals surface area contributed by atoms with Gasteiger partial charge in [-0.2, -0.15) is 0 Å². The Bertz CT molecular complexity index is 334. The molecule has 0 radical (unpaired) electrons. The Morgan fingerprint density at radius 3 is 2.32 bits per heavy atom. The number of carboxylic acid groups (broad SMARTS) is 1. The second-order valence-electron chi connectivity index (χ2n) is 5.69. The van der Waals surface area contributed by atoms with Crippen molar-refractivity contribution >= 4 is 11.9 Å². The molecule has 1 saturated heterocycles. The van der Waals surface area contributed by atoms with E-state index in [9.17, 15) is 9.59 Å². The Labute approximate surface area is 114 Å². The molecule has 0 unspecified atom stereocenters. The fourth-order valence-corrected chi connectivity index (χ4v) is 2.77. The van der Waals surface area contributed by atoms with Crippen molar-refractivity contribution in [2.75, 3.05) is 26.2 Å². The molecule has 2 aliphatic rings. The zero-order valence-electron chi connectivity index (χ0n) is 11.7. The number of carbonyl (C=O) groups is 2. The van der Waals surface area contributed by atoms with Crippen LogP contribution < -0.4 is 0 Å². The number of hydrogen-bond acceptors (Lipinski definition) is 3. The van der Waals surface area contributed by atoms with E-state index in [4.69, 9.17) is 5.11 Å². The van der Waals surface area contributed by atoms with Crippen LogP contribution in [-0.2, 0) is 9.59 Å². The smallest absolute Gasteiger partial charge is 0.306 e. The van der Waals surface area contributed by atoms with Gasteiger partial charge in [-0.1, -0.05) is 6.92 Å². The predicted octanol–water partition coefficient (Wildman–Crippen LogP) is 1.18. The molecule has 1 aliphatic heterocycles. The average Bonchev–Trinajstić information content (AvgIpc) is 3.22. The number of carboxylic acids is 1. The normalized spacial score (nSPS) is 20.8. The van der Waals surface area contributed by atoms with Gasteiger partial charge >= 0.3 is 5.97 Å². The van der Waals surface area contributed by atoms with Crippen molar-refractivity contribution in [3.05, 3.63) is 0 Å². The third-order valence-electron chi connectivity index (χ3n) is 4.11. The van der Waals surface area contributed by atoms with E-state index >= 15 is 0 Å². The lowest BCUT2D eigenvalue weighted by molar-refractivity contribution is -0.146. The zero-order chi connectivity index (χ0) is 13.8. The molecule has 0 aromatic carbocycles. The molecular formula is C14H24N2O3. The van der Waals surface area contributed by atoms with E-state index in [-0.39, 0.29) is 11.8 Å². The van der Waals surface area contributed by atoms with Gasteiger partial charge in [0, 0.05) is 19.1 Å². The van der Waals surface area contributed by atoms with E-state index in [0.29, 0.717) is 38.5 Å². The highest BCUT2D eigenvalue weighted by Crippen LogP contribution is 2.27. The van der Waals surface area contributed by atoms with Gasteiger partial charge in [-0.15, -0.1) is 0 Å². The Kier molecular flexibility index (Phi) is 4.80. The largest absolute Gasteiger partial charge is 0.481 e. The molecule has 1 saturated carbocycles. The molecule has 108 valence electrons. The van der Waals surface area contributed by atoms with Gasteiger partial charge in [-0.05, 0) is 38.6 Å². The van der Waals surface area contributed by atoms with Crippen LogP contribution in [0.2, 0.25) is 0 Å². The van der Waals surface area contributed by atoms with Crippen LogP contribution in [0.3, 0.4) is 0 Å². The van der Waals surface area contributed by atoms with Crippen molar-refractivity contribution in [1.82, 2.24) is 9.80 Å². The van der Waals surface area contributed by atoms with E-state index in [1.165, 1.54) is 12.8 Å². The molecule has 1 aliphatic carbocycles. The Hall–Kier alpha value is -1.10. The Morgan fingerprint density at radius 2 is 1.84 bits per heavy atom. The zero-order valence-corrected chi connectivity index (χ0v) is 11.7. The minimum absolute atomic E-state index is 0.171. The highest BCUT2D eigenvalue weighted by Gasteiger charge is 2.32. The predicted molar refractivity (Wildman–Crippen MR) is 71.8 cm³/mol. The van der Waals surface area contributed by atoms with Crippen LogP contribution in [-0.4, -0.2) is 59.0 Å². The molecule has 1 heterocycles. The fourth-order valence-electron chi connectivity index (χ4n) is 2.77. The summed E-state index contributed by atoms with van der Waals surface area (Å²) in [4.78, 5) is 27.2. The third kappa shape index (κ3) is 3.93. The van der Waals surface area contributed by atoms with Gasteiger partial charge in [0.1, 0.15) is 0 Å². The van der Waals surface area contributed by atoms with E-state index < -0.39 is 5.97 Å².